The van der Waals surface area contributed by atoms with Gasteiger partial charge in [-0.25, -0.2) is 4.39 Å². The molecular formula is C17H21FN2O. The number of likely N-dealkylation sites (tertiary alicyclic amines) is 1. The Morgan fingerprint density at radius 2 is 2.19 bits per heavy atom. The molecule has 0 N–H and O–H groups in total. The van der Waals surface area contributed by atoms with Crippen molar-refractivity contribution in [3.8, 4) is 0 Å². The first-order chi connectivity index (χ1) is 10.1. The maximum atomic E-state index is 13.8. The van der Waals surface area contributed by atoms with Gasteiger partial charge in [0.2, 0.25) is 0 Å². The average molecular weight is 288 g/mol. The molecular weight excluding hydrogens is 267 g/mol. The topological polar surface area (TPSA) is 29.3 Å². The van der Waals surface area contributed by atoms with Gasteiger partial charge >= 0.3 is 0 Å². The maximum Gasteiger partial charge on any atom is 0.154 e. The number of halogens is 1. The van der Waals surface area contributed by atoms with Gasteiger partial charge in [0.15, 0.2) is 5.76 Å². The van der Waals surface area contributed by atoms with Crippen LogP contribution in [0.4, 0.5) is 4.39 Å². The Kier molecular flexibility index (Phi) is 4.06. The van der Waals surface area contributed by atoms with E-state index in [-0.39, 0.29) is 11.9 Å². The summed E-state index contributed by atoms with van der Waals surface area (Å²) >= 11 is 0. The van der Waals surface area contributed by atoms with Crippen molar-refractivity contribution >= 4 is 0 Å². The van der Waals surface area contributed by atoms with Gasteiger partial charge in [0.25, 0.3) is 0 Å². The average Bonchev–Trinajstić information content (AvgIpc) is 3.09. The van der Waals surface area contributed by atoms with Crippen LogP contribution in [0.25, 0.3) is 0 Å². The summed E-state index contributed by atoms with van der Waals surface area (Å²) in [4.78, 5) is 2.28. The molecule has 2 heterocycles. The summed E-state index contributed by atoms with van der Waals surface area (Å²) in [6.07, 6.45) is 2.15. The molecule has 0 saturated carbocycles. The first-order valence-corrected chi connectivity index (χ1v) is 7.59. The number of nitrogens with zero attached hydrogens (tertiary/aromatic N) is 2. The Hall–Kier alpha value is -1.68. The van der Waals surface area contributed by atoms with Crippen molar-refractivity contribution in [3.63, 3.8) is 0 Å². The third kappa shape index (κ3) is 3.00. The van der Waals surface area contributed by atoms with Crippen molar-refractivity contribution in [1.29, 1.82) is 0 Å². The lowest BCUT2D eigenvalue weighted by Crippen LogP contribution is -2.23. The van der Waals surface area contributed by atoms with Crippen molar-refractivity contribution in [2.45, 2.75) is 45.2 Å². The summed E-state index contributed by atoms with van der Waals surface area (Å²) in [6.45, 7) is 5.80. The molecule has 2 aromatic rings. The number of hydrogen-bond acceptors (Lipinski definition) is 3. The molecule has 0 aliphatic carbocycles. The van der Waals surface area contributed by atoms with Gasteiger partial charge in [-0.2, -0.15) is 0 Å². The molecule has 0 radical (unpaired) electrons. The molecule has 1 aliphatic rings. The summed E-state index contributed by atoms with van der Waals surface area (Å²) < 4.78 is 19.3. The lowest BCUT2D eigenvalue weighted by atomic mass is 10.1. The van der Waals surface area contributed by atoms with Crippen LogP contribution < -0.4 is 0 Å². The fourth-order valence-electron chi connectivity index (χ4n) is 2.92. The maximum absolute atomic E-state index is 13.8. The molecule has 4 heteroatoms. The Bertz CT molecular complexity index is 608. The molecule has 112 valence electrons. The lowest BCUT2D eigenvalue weighted by molar-refractivity contribution is 0.204. The Morgan fingerprint density at radius 1 is 1.38 bits per heavy atom. The smallest absolute Gasteiger partial charge is 0.154 e. The van der Waals surface area contributed by atoms with Crippen LogP contribution in [-0.4, -0.2) is 16.6 Å². The minimum absolute atomic E-state index is 0.136. The molecule has 1 saturated heterocycles. The molecule has 0 spiro atoms. The predicted octanol–water partition coefficient (Wildman–Crippen LogP) is 4.27. The largest absolute Gasteiger partial charge is 0.359 e. The van der Waals surface area contributed by atoms with Crippen molar-refractivity contribution in [1.82, 2.24) is 10.1 Å². The Labute approximate surface area is 124 Å². The Balaban J connectivity index is 1.77. The molecule has 3 nitrogen and oxygen atoms in total. The van der Waals surface area contributed by atoms with Crippen LogP contribution in [-0.2, 0) is 6.54 Å². The van der Waals surface area contributed by atoms with Crippen LogP contribution in [0.5, 0.6) is 0 Å². The fourth-order valence-corrected chi connectivity index (χ4v) is 2.92. The number of benzene rings is 1. The summed E-state index contributed by atoms with van der Waals surface area (Å²) in [5.74, 6) is 1.14. The summed E-state index contributed by atoms with van der Waals surface area (Å²) in [5.41, 5.74) is 1.73. The van der Waals surface area contributed by atoms with Crippen molar-refractivity contribution in [3.05, 3.63) is 53.2 Å². The van der Waals surface area contributed by atoms with E-state index in [4.69, 9.17) is 4.52 Å². The van der Waals surface area contributed by atoms with Crippen LogP contribution in [0.15, 0.2) is 34.9 Å². The van der Waals surface area contributed by atoms with Crippen molar-refractivity contribution in [2.75, 3.05) is 6.54 Å². The van der Waals surface area contributed by atoms with Crippen LogP contribution in [0, 0.1) is 5.82 Å². The van der Waals surface area contributed by atoms with Gasteiger partial charge in [-0.1, -0.05) is 37.2 Å². The molecule has 0 bridgehead atoms. The summed E-state index contributed by atoms with van der Waals surface area (Å²) in [6, 6.07) is 9.25. The van der Waals surface area contributed by atoms with Gasteiger partial charge in [0, 0.05) is 18.2 Å². The van der Waals surface area contributed by atoms with E-state index < -0.39 is 0 Å². The van der Waals surface area contributed by atoms with E-state index in [0.717, 1.165) is 36.4 Å². The quantitative estimate of drug-likeness (QED) is 0.841. The van der Waals surface area contributed by atoms with Gasteiger partial charge in [0.1, 0.15) is 5.82 Å². The lowest BCUT2D eigenvalue weighted by Gasteiger charge is -2.22. The van der Waals surface area contributed by atoms with E-state index in [1.807, 2.05) is 12.1 Å². The molecule has 1 unspecified atom stereocenters. The predicted molar refractivity (Wildman–Crippen MR) is 79.4 cm³/mol. The second-order valence-electron chi connectivity index (χ2n) is 6.03. The zero-order valence-electron chi connectivity index (χ0n) is 12.6. The summed E-state index contributed by atoms with van der Waals surface area (Å²) in [7, 11) is 0. The fraction of sp³-hybridized carbons (Fsp3) is 0.471. The van der Waals surface area contributed by atoms with E-state index in [2.05, 4.69) is 30.0 Å². The van der Waals surface area contributed by atoms with Gasteiger partial charge in [-0.3, -0.25) is 4.90 Å². The zero-order chi connectivity index (χ0) is 14.8. The van der Waals surface area contributed by atoms with Crippen LogP contribution in [0.3, 0.4) is 0 Å². The van der Waals surface area contributed by atoms with Crippen LogP contribution in [0.1, 0.15) is 55.7 Å². The molecule has 1 aromatic heterocycles. The molecule has 1 aliphatic heterocycles. The molecule has 3 rings (SSSR count). The third-order valence-electron chi connectivity index (χ3n) is 4.16. The van der Waals surface area contributed by atoms with E-state index in [0.29, 0.717) is 12.5 Å². The van der Waals surface area contributed by atoms with Crippen molar-refractivity contribution in [2.24, 2.45) is 0 Å². The highest BCUT2D eigenvalue weighted by Gasteiger charge is 2.30. The minimum Gasteiger partial charge on any atom is -0.359 e. The molecule has 21 heavy (non-hydrogen) atoms. The minimum atomic E-state index is -0.136. The number of aromatic nitrogens is 1. The Morgan fingerprint density at radius 3 is 2.90 bits per heavy atom. The highest BCUT2D eigenvalue weighted by atomic mass is 19.1. The zero-order valence-corrected chi connectivity index (χ0v) is 12.6. The van der Waals surface area contributed by atoms with Gasteiger partial charge in [-0.05, 0) is 31.4 Å². The second kappa shape index (κ2) is 5.98. The standard InChI is InChI=1S/C17H21FN2O/c1-12(2)15-10-17(21-19-15)16-8-5-9-20(16)11-13-6-3-4-7-14(13)18/h3-4,6-7,10,12,16H,5,8-9,11H2,1-2H3. The van der Waals surface area contributed by atoms with Crippen molar-refractivity contribution < 1.29 is 8.91 Å². The number of hydrogen-bond donors (Lipinski definition) is 0. The number of rotatable bonds is 4. The molecule has 1 aromatic carbocycles. The van der Waals surface area contributed by atoms with E-state index in [9.17, 15) is 4.39 Å². The van der Waals surface area contributed by atoms with Crippen LogP contribution in [0.2, 0.25) is 0 Å². The monoisotopic (exact) mass is 288 g/mol. The molecule has 0 amide bonds. The highest BCUT2D eigenvalue weighted by molar-refractivity contribution is 5.19. The SMILES string of the molecule is CC(C)c1cc(C2CCCN2Cc2ccccc2F)on1. The molecule has 1 fully saturated rings. The molecule has 1 atom stereocenters. The van der Waals surface area contributed by atoms with Crippen LogP contribution >= 0.6 is 0 Å². The second-order valence-corrected chi connectivity index (χ2v) is 6.03. The first kappa shape index (κ1) is 14.3. The van der Waals surface area contributed by atoms with E-state index >= 15 is 0 Å². The van der Waals surface area contributed by atoms with E-state index in [1.54, 1.807) is 6.07 Å². The normalized spacial score (nSPS) is 19.5. The highest BCUT2D eigenvalue weighted by Crippen LogP contribution is 2.34. The van der Waals surface area contributed by atoms with Gasteiger partial charge in [-0.15, -0.1) is 0 Å². The third-order valence-corrected chi connectivity index (χ3v) is 4.16. The first-order valence-electron chi connectivity index (χ1n) is 7.59. The summed E-state index contributed by atoms with van der Waals surface area (Å²) in [5, 5.41) is 4.14. The van der Waals surface area contributed by atoms with Gasteiger partial charge < -0.3 is 4.52 Å². The van der Waals surface area contributed by atoms with Gasteiger partial charge in [0.05, 0.1) is 11.7 Å². The van der Waals surface area contributed by atoms with E-state index in [1.165, 1.54) is 6.07 Å².